The summed E-state index contributed by atoms with van der Waals surface area (Å²) in [5, 5.41) is 2.08. The fourth-order valence-corrected chi connectivity index (χ4v) is 1.43. The Balaban J connectivity index is 4.92. The van der Waals surface area contributed by atoms with Gasteiger partial charge in [-0.1, -0.05) is 13.3 Å². The second-order valence-electron chi connectivity index (χ2n) is 3.24. The minimum Gasteiger partial charge on any atom is -0.316 e. The second kappa shape index (κ2) is 5.05. The lowest BCUT2D eigenvalue weighted by Crippen LogP contribution is -2.49. The molecule has 0 saturated carbocycles. The molecule has 1 unspecified atom stereocenters. The first-order valence-electron chi connectivity index (χ1n) is 4.45. The van der Waals surface area contributed by atoms with Gasteiger partial charge in [0.2, 0.25) is 0 Å². The zero-order valence-corrected chi connectivity index (χ0v) is 8.34. The second-order valence-corrected chi connectivity index (χ2v) is 3.24. The van der Waals surface area contributed by atoms with Gasteiger partial charge in [0.1, 0.15) is 0 Å². The molecule has 0 aromatic heterocycles. The maximum absolute atomic E-state index is 12.2. The van der Waals surface area contributed by atoms with Gasteiger partial charge in [0.05, 0.1) is 0 Å². The predicted octanol–water partition coefficient (Wildman–Crippen LogP) is 3.12. The monoisotopic (exact) mass is 237 g/mol. The third-order valence-electron chi connectivity index (χ3n) is 2.08. The van der Waals surface area contributed by atoms with Crippen molar-refractivity contribution in [2.24, 2.45) is 5.92 Å². The highest BCUT2D eigenvalue weighted by Crippen LogP contribution is 2.42. The smallest absolute Gasteiger partial charge is 0.316 e. The molecule has 0 aromatic carbocycles. The lowest BCUT2D eigenvalue weighted by Gasteiger charge is -2.30. The zero-order valence-electron chi connectivity index (χ0n) is 8.34. The van der Waals surface area contributed by atoms with E-state index in [1.807, 2.05) is 0 Å². The van der Waals surface area contributed by atoms with Crippen LogP contribution in [0, 0.1) is 5.92 Å². The number of halogens is 6. The molecule has 0 heterocycles. The van der Waals surface area contributed by atoms with Crippen molar-refractivity contribution in [3.63, 3.8) is 0 Å². The van der Waals surface area contributed by atoms with E-state index in [2.05, 4.69) is 5.32 Å². The number of hydrogen-bond donors (Lipinski definition) is 1. The molecule has 0 aliphatic heterocycles. The third-order valence-corrected chi connectivity index (χ3v) is 2.08. The van der Waals surface area contributed by atoms with Gasteiger partial charge in [-0.25, -0.2) is 0 Å². The first-order chi connectivity index (χ1) is 6.64. The van der Waals surface area contributed by atoms with Crippen molar-refractivity contribution in [3.8, 4) is 0 Å². The molecule has 1 nitrogen and oxygen atoms in total. The van der Waals surface area contributed by atoms with Crippen LogP contribution in [0.25, 0.3) is 0 Å². The van der Waals surface area contributed by atoms with Crippen molar-refractivity contribution in [1.82, 2.24) is 5.32 Å². The number of alkyl halides is 6. The van der Waals surface area contributed by atoms with Crippen LogP contribution in [-0.2, 0) is 0 Å². The summed E-state index contributed by atoms with van der Waals surface area (Å²) in [6.07, 6.45) is -10.4. The molecule has 0 saturated heterocycles. The highest BCUT2D eigenvalue weighted by molar-refractivity contribution is 4.86. The van der Waals surface area contributed by atoms with Crippen LogP contribution in [0.15, 0.2) is 0 Å². The third kappa shape index (κ3) is 4.27. The first kappa shape index (κ1) is 14.5. The summed E-state index contributed by atoms with van der Waals surface area (Å²) < 4.78 is 73.3. The number of rotatable bonds is 4. The van der Waals surface area contributed by atoms with Gasteiger partial charge in [0.25, 0.3) is 0 Å². The molecule has 0 rings (SSSR count). The van der Waals surface area contributed by atoms with Crippen molar-refractivity contribution < 1.29 is 26.3 Å². The summed E-state index contributed by atoms with van der Waals surface area (Å²) in [5.41, 5.74) is 0. The van der Waals surface area contributed by atoms with Crippen LogP contribution in [0.3, 0.4) is 0 Å². The van der Waals surface area contributed by atoms with Crippen molar-refractivity contribution in [1.29, 1.82) is 0 Å². The number of hydrogen-bond acceptors (Lipinski definition) is 1. The Labute approximate surface area is 83.8 Å². The molecule has 0 bridgehead atoms. The van der Waals surface area contributed by atoms with E-state index in [-0.39, 0.29) is 12.8 Å². The van der Waals surface area contributed by atoms with Crippen LogP contribution < -0.4 is 5.32 Å². The van der Waals surface area contributed by atoms with E-state index in [0.29, 0.717) is 0 Å². The molecule has 7 heteroatoms. The highest BCUT2D eigenvalue weighted by Gasteiger charge is 2.59. The predicted molar refractivity (Wildman–Crippen MR) is 43.4 cm³/mol. The van der Waals surface area contributed by atoms with E-state index >= 15 is 0 Å². The fraction of sp³-hybridized carbons (Fsp3) is 1.00. The summed E-state index contributed by atoms with van der Waals surface area (Å²) in [5.74, 6) is -3.30. The molecule has 0 aromatic rings. The molecule has 0 amide bonds. The van der Waals surface area contributed by atoms with Gasteiger partial charge in [-0.3, -0.25) is 0 Å². The Morgan fingerprint density at radius 1 is 1.00 bits per heavy atom. The lowest BCUT2D eigenvalue weighted by atomic mass is 9.94. The summed E-state index contributed by atoms with van der Waals surface area (Å²) in [7, 11) is 1.10. The average Bonchev–Trinajstić information content (AvgIpc) is 1.98. The fourth-order valence-electron chi connectivity index (χ4n) is 1.43. The molecule has 92 valence electrons. The van der Waals surface area contributed by atoms with Crippen LogP contribution in [0.1, 0.15) is 19.8 Å². The van der Waals surface area contributed by atoms with Crippen LogP contribution >= 0.6 is 0 Å². The van der Waals surface area contributed by atoms with Gasteiger partial charge in [-0.2, -0.15) is 26.3 Å². The van der Waals surface area contributed by atoms with E-state index in [0.717, 1.165) is 7.05 Å². The largest absolute Gasteiger partial charge is 0.401 e. The Kier molecular flexibility index (Phi) is 4.89. The molecule has 0 radical (unpaired) electrons. The van der Waals surface area contributed by atoms with Gasteiger partial charge in [0, 0.05) is 6.04 Å². The van der Waals surface area contributed by atoms with Crippen molar-refractivity contribution in [3.05, 3.63) is 0 Å². The van der Waals surface area contributed by atoms with Crippen LogP contribution in [-0.4, -0.2) is 25.4 Å². The van der Waals surface area contributed by atoms with Crippen LogP contribution in [0.4, 0.5) is 26.3 Å². The van der Waals surface area contributed by atoms with Crippen molar-refractivity contribution >= 4 is 0 Å². The summed E-state index contributed by atoms with van der Waals surface area (Å²) in [6, 6.07) is -1.62. The van der Waals surface area contributed by atoms with Gasteiger partial charge in [-0.05, 0) is 13.5 Å². The molecule has 1 atom stereocenters. The standard InChI is InChI=1S/C8H13F6N/c1-3-4-5(15-2)6(7(9,10)11)8(12,13)14/h5-6,15H,3-4H2,1-2H3. The zero-order chi connectivity index (χ0) is 12.3. The van der Waals surface area contributed by atoms with Crippen molar-refractivity contribution in [2.45, 2.75) is 38.2 Å². The Morgan fingerprint density at radius 3 is 1.60 bits per heavy atom. The summed E-state index contributed by atoms with van der Waals surface area (Å²) in [6.45, 7) is 1.54. The molecule has 0 spiro atoms. The molecule has 1 N–H and O–H groups in total. The molecule has 0 aliphatic carbocycles. The average molecular weight is 237 g/mol. The number of nitrogens with one attached hydrogen (secondary N) is 1. The van der Waals surface area contributed by atoms with E-state index in [1.165, 1.54) is 6.92 Å². The highest BCUT2D eigenvalue weighted by atomic mass is 19.4. The van der Waals surface area contributed by atoms with Crippen LogP contribution in [0.5, 0.6) is 0 Å². The molecule has 0 fully saturated rings. The SMILES string of the molecule is CCCC(NC)C(C(F)(F)F)C(F)(F)F. The quantitative estimate of drug-likeness (QED) is 0.741. The van der Waals surface area contributed by atoms with Gasteiger partial charge in [0.15, 0.2) is 5.92 Å². The van der Waals surface area contributed by atoms with Crippen LogP contribution in [0.2, 0.25) is 0 Å². The first-order valence-corrected chi connectivity index (χ1v) is 4.45. The molecule has 15 heavy (non-hydrogen) atoms. The molecular formula is C8H13F6N. The Hall–Kier alpha value is -0.460. The van der Waals surface area contributed by atoms with Gasteiger partial charge < -0.3 is 5.32 Å². The molecule has 0 aliphatic rings. The van der Waals surface area contributed by atoms with Crippen molar-refractivity contribution in [2.75, 3.05) is 7.05 Å². The Morgan fingerprint density at radius 2 is 1.40 bits per heavy atom. The minimum absolute atomic E-state index is 0.166. The van der Waals surface area contributed by atoms with E-state index in [9.17, 15) is 26.3 Å². The minimum atomic E-state index is -5.26. The summed E-state index contributed by atoms with van der Waals surface area (Å²) >= 11 is 0. The van der Waals surface area contributed by atoms with Gasteiger partial charge in [-0.15, -0.1) is 0 Å². The summed E-state index contributed by atoms with van der Waals surface area (Å²) in [4.78, 5) is 0. The topological polar surface area (TPSA) is 12.0 Å². The molecular weight excluding hydrogens is 224 g/mol. The maximum atomic E-state index is 12.2. The Bertz CT molecular complexity index is 171. The van der Waals surface area contributed by atoms with E-state index in [4.69, 9.17) is 0 Å². The normalized spacial score (nSPS) is 15.8. The van der Waals surface area contributed by atoms with Gasteiger partial charge >= 0.3 is 12.4 Å². The van der Waals surface area contributed by atoms with E-state index < -0.39 is 24.3 Å². The maximum Gasteiger partial charge on any atom is 0.401 e. The van der Waals surface area contributed by atoms with E-state index in [1.54, 1.807) is 0 Å². The lowest BCUT2D eigenvalue weighted by molar-refractivity contribution is -0.291.